The third-order valence-electron chi connectivity index (χ3n) is 17.0. The molecule has 18 rings (SSSR count). The lowest BCUT2D eigenvalue weighted by atomic mass is 10.1. The number of H-pyrrole nitrogens is 4. The van der Waals surface area contributed by atoms with Crippen molar-refractivity contribution >= 4 is 102 Å². The third-order valence-corrected chi connectivity index (χ3v) is 17.9. The molecule has 32 heteroatoms. The van der Waals surface area contributed by atoms with Crippen LogP contribution >= 0.6 is 11.3 Å². The highest BCUT2D eigenvalue weighted by Gasteiger charge is 2.21. The van der Waals surface area contributed by atoms with E-state index in [-0.39, 0.29) is 40.9 Å². The van der Waals surface area contributed by atoms with Crippen LogP contribution in [-0.2, 0) is 37.1 Å². The van der Waals surface area contributed by atoms with Gasteiger partial charge in [0.05, 0.1) is 35.6 Å². The van der Waals surface area contributed by atoms with Crippen LogP contribution < -0.4 is 5.32 Å². The molecule has 0 unspecified atom stereocenters. The Morgan fingerprint density at radius 3 is 1.51 bits per heavy atom. The monoisotopic (exact) mass is 1520 g/mol. The van der Waals surface area contributed by atoms with Crippen LogP contribution in [0.3, 0.4) is 0 Å². The Kier molecular flexibility index (Phi) is 21.5. The minimum atomic E-state index is -0.327. The number of nitrogens with zero attached hydrogens (tertiary/aromatic N) is 18. The zero-order chi connectivity index (χ0) is 78.1. The summed E-state index contributed by atoms with van der Waals surface area (Å²) in [7, 11) is 6.85. The van der Waals surface area contributed by atoms with E-state index >= 15 is 0 Å². The van der Waals surface area contributed by atoms with Gasteiger partial charge in [-0.2, -0.15) is 35.7 Å². The first-order chi connectivity index (χ1) is 54.3. The third kappa shape index (κ3) is 16.7. The van der Waals surface area contributed by atoms with Crippen LogP contribution in [0.4, 0.5) is 33.6 Å². The number of amides is 1. The summed E-state index contributed by atoms with van der Waals surface area (Å²) in [6.07, 6.45) is 3.95. The highest BCUT2D eigenvalue weighted by molar-refractivity contribution is 7.10. The molecule has 6 N–H and O–H groups in total. The number of nitrogens with one attached hydrogen (secondary N) is 6. The van der Waals surface area contributed by atoms with Gasteiger partial charge < -0.3 is 14.9 Å². The number of carbonyl (C=O) groups excluding carboxylic acids is 1. The highest BCUT2D eigenvalue weighted by atomic mass is 32.1. The molecule has 26 nitrogen and oxygen atoms in total. The Hall–Kier alpha value is -15.0. The van der Waals surface area contributed by atoms with Gasteiger partial charge in [-0.25, -0.2) is 51.9 Å². The number of aromatic amines is 4. The first-order valence-corrected chi connectivity index (χ1v) is 35.0. The quantitative estimate of drug-likeness (QED) is 0.0286. The predicted octanol–water partition coefficient (Wildman–Crippen LogP) is 16.3. The number of ether oxygens (including phenoxy) is 1. The van der Waals surface area contributed by atoms with Crippen molar-refractivity contribution < 1.29 is 31.5 Å². The lowest BCUT2D eigenvalue weighted by Gasteiger charge is -2.03. The number of pyridine rings is 5. The van der Waals surface area contributed by atoms with Crippen LogP contribution in [0.5, 0.6) is 0 Å². The number of aryl methyl sites for hydroxylation is 5. The van der Waals surface area contributed by atoms with Gasteiger partial charge >= 0.3 is 0 Å². The molecule has 0 aliphatic heterocycles. The van der Waals surface area contributed by atoms with Crippen LogP contribution in [0.15, 0.2) is 200 Å². The van der Waals surface area contributed by atoms with Crippen molar-refractivity contribution in [3.63, 3.8) is 0 Å². The maximum atomic E-state index is 13.5. The summed E-state index contributed by atoms with van der Waals surface area (Å²) in [4.78, 5) is 47.4. The number of aromatic nitrogens is 21. The average molecular weight is 1520 g/mol. The van der Waals surface area contributed by atoms with E-state index in [0.717, 1.165) is 49.7 Å². The van der Waals surface area contributed by atoms with Crippen LogP contribution in [0.25, 0.3) is 140 Å². The molecule has 13 aromatic heterocycles. The topological polar surface area (TPSA) is 325 Å². The largest absolute Gasteiger partial charge is 0.480 e. The van der Waals surface area contributed by atoms with E-state index in [9.17, 15) is 26.7 Å². The second kappa shape index (κ2) is 32.6. The van der Waals surface area contributed by atoms with Gasteiger partial charge in [0.15, 0.2) is 11.6 Å². The minimum absolute atomic E-state index is 0.0223. The van der Waals surface area contributed by atoms with Gasteiger partial charge in [-0.1, -0.05) is 79.4 Å². The zero-order valence-corrected chi connectivity index (χ0v) is 60.9. The number of hydrogen-bond donors (Lipinski definition) is 6. The molecule has 0 aliphatic carbocycles. The van der Waals surface area contributed by atoms with Crippen LogP contribution in [0.1, 0.15) is 33.5 Å². The Morgan fingerprint density at radius 1 is 0.500 bits per heavy atom. The second-order valence-corrected chi connectivity index (χ2v) is 25.8. The Labute approximate surface area is 636 Å². The number of methoxy groups -OCH3 is 1. The molecule has 0 bridgehead atoms. The number of anilines is 1. The maximum Gasteiger partial charge on any atom is 0.270 e. The van der Waals surface area contributed by atoms with E-state index in [1.807, 2.05) is 86.9 Å². The smallest absolute Gasteiger partial charge is 0.270 e. The van der Waals surface area contributed by atoms with Crippen molar-refractivity contribution in [1.82, 2.24) is 105 Å². The van der Waals surface area contributed by atoms with Crippen LogP contribution in [0, 0.1) is 54.9 Å². The lowest BCUT2D eigenvalue weighted by Crippen LogP contribution is -2.14. The van der Waals surface area contributed by atoms with E-state index < -0.39 is 0 Å². The molecule has 0 saturated heterocycles. The fourth-order valence-electron chi connectivity index (χ4n) is 11.7. The van der Waals surface area contributed by atoms with Gasteiger partial charge in [-0.05, 0) is 158 Å². The van der Waals surface area contributed by atoms with E-state index in [1.165, 1.54) is 67.8 Å². The van der Waals surface area contributed by atoms with Gasteiger partial charge in [0.2, 0.25) is 17.3 Å². The minimum Gasteiger partial charge on any atom is -0.480 e. The van der Waals surface area contributed by atoms with E-state index in [4.69, 9.17) is 16.7 Å². The predicted molar refractivity (Wildman–Crippen MR) is 417 cm³/mol. The Morgan fingerprint density at radius 2 is 0.991 bits per heavy atom. The van der Waals surface area contributed by atoms with Crippen molar-refractivity contribution in [2.75, 3.05) is 12.4 Å². The number of hydrogen-bond acceptors (Lipinski definition) is 18. The molecule has 5 aromatic carbocycles. The lowest BCUT2D eigenvalue weighted by molar-refractivity contribution is -0.115. The summed E-state index contributed by atoms with van der Waals surface area (Å²) in [5.41, 5.74) is 15.5. The van der Waals surface area contributed by atoms with E-state index in [0.29, 0.717) is 125 Å². The molecule has 0 saturated carbocycles. The van der Waals surface area contributed by atoms with Crippen molar-refractivity contribution in [1.29, 1.82) is 5.41 Å². The number of carbonyl (C=O) groups is 1. The first kappa shape index (κ1) is 73.9. The number of thiophene rings is 1. The molecule has 0 radical (unpaired) electrons. The van der Waals surface area contributed by atoms with E-state index in [1.54, 1.807) is 124 Å². The molecule has 0 atom stereocenters. The van der Waals surface area contributed by atoms with Gasteiger partial charge in [0.25, 0.3) is 5.82 Å². The number of halogens is 5. The molecule has 13 heterocycles. The molecule has 1 amide bonds. The molecule has 0 fully saturated rings. The summed E-state index contributed by atoms with van der Waals surface area (Å²) in [6, 6.07) is 53.0. The van der Waals surface area contributed by atoms with Crippen molar-refractivity contribution in [2.45, 2.75) is 20.3 Å². The van der Waals surface area contributed by atoms with Gasteiger partial charge in [0, 0.05) is 48.3 Å². The van der Waals surface area contributed by atoms with Crippen molar-refractivity contribution in [3.8, 4) is 68.1 Å². The fraction of sp³-hybridized carbons (Fsp3) is 0.0875. The Bertz CT molecular complexity index is 6570. The van der Waals surface area contributed by atoms with Crippen molar-refractivity contribution in [3.05, 3.63) is 273 Å². The number of rotatable bonds is 12. The molecular formula is C80H61F5N24O2S. The van der Waals surface area contributed by atoms with Crippen LogP contribution in [0.2, 0.25) is 0 Å². The van der Waals surface area contributed by atoms with Gasteiger partial charge in [-0.3, -0.25) is 44.6 Å². The molecular weight excluding hydrogens is 1460 g/mol. The summed E-state index contributed by atoms with van der Waals surface area (Å²) in [6.45, 7) is 10.7. The summed E-state index contributed by atoms with van der Waals surface area (Å²) < 4.78 is 76.6. The van der Waals surface area contributed by atoms with Gasteiger partial charge in [0.1, 0.15) is 120 Å². The SMILES string of the molecule is COC(=N)c1ccc2c(n1)c(-c1cccc(F)c1)nn2C.Cc1nc(-c2ccc3[nH]nc(-c4cccc(F)c4)c3n2)n[nH]1.Cc1nc(-c2ccc3c(n2)c(-c2cccc(F)c2)nn3C)n[nH]1.O=C(Cc1cccs1)Nc1ccc2[nH]nc(/C=C/c3ccc(F)cc3)c2n1.[C-]#[N+]c1ccc2c(n1)c(-c1cccc(F)c1)nn2C. The molecule has 554 valence electrons. The maximum absolute atomic E-state index is 13.5. The van der Waals surface area contributed by atoms with Gasteiger partial charge in [-0.15, -0.1) is 16.3 Å². The van der Waals surface area contributed by atoms with E-state index in [2.05, 4.69) is 101 Å². The number of fused-ring (bicyclic) bond motifs is 5. The molecule has 0 spiro atoms. The second-order valence-electron chi connectivity index (χ2n) is 24.8. The molecule has 0 aliphatic rings. The molecule has 112 heavy (non-hydrogen) atoms. The number of benzene rings is 5. The van der Waals surface area contributed by atoms with Crippen molar-refractivity contribution in [2.24, 2.45) is 21.1 Å². The Balaban J connectivity index is 0.000000117. The highest BCUT2D eigenvalue weighted by Crippen LogP contribution is 2.33. The summed E-state index contributed by atoms with van der Waals surface area (Å²) in [5, 5.41) is 53.8. The average Bonchev–Trinajstić information content (AvgIpc) is 1.65. The summed E-state index contributed by atoms with van der Waals surface area (Å²) in [5.74, 6) is 1.59. The molecule has 18 aromatic rings. The standard InChI is InChI=1S/C20H15FN4OS.C16H13FN6.C15H11FN6.C15H13FN4O.C14H9FN4/c21-14-6-3-13(4-7-14)5-8-16-20-17(25-24-16)9-10-18(23-20)22-19(26)12-15-2-1-11-27-15;1-9-18-16(21-20-9)12-6-7-13-15(19-12)14(22-23(13)2)10-4-3-5-11(17)8-10;1-8-17-15(22-19-8)12-6-5-11-14(18-12)13(21-20-11)9-3-2-4-10(16)7-9;1-20-12-7-6-11(15(17)21-2)18-14(12)13(19-20)9-4-3-5-10(16)8-9;1-16-12-7-6-11-14(17-12)13(18-19(11)2)9-4-3-5-10(15)8-9/h1-11H,12H2,(H,24,25)(H,22,23,26);3-8H,1-2H3,(H,18,20,21);2-7H,1H3,(H,20,21)(H,17,19,22);3-8,17H,1-2H3;3-8H,2H3/b8-5+;;;;. The normalized spacial score (nSPS) is 11.1. The zero-order valence-electron chi connectivity index (χ0n) is 60.1. The van der Waals surface area contributed by atoms with Crippen LogP contribution in [-0.4, -0.2) is 124 Å². The fourth-order valence-corrected chi connectivity index (χ4v) is 12.4. The first-order valence-electron chi connectivity index (χ1n) is 34.1. The summed E-state index contributed by atoms with van der Waals surface area (Å²) >= 11 is 1.54.